The lowest BCUT2D eigenvalue weighted by molar-refractivity contribution is 0.104. The van der Waals surface area contributed by atoms with Gasteiger partial charge in [-0.05, 0) is 37.3 Å². The first-order valence-corrected chi connectivity index (χ1v) is 7.61. The monoisotopic (exact) mass is 308 g/mol. The summed E-state index contributed by atoms with van der Waals surface area (Å²) in [6.07, 6.45) is 0.430. The summed E-state index contributed by atoms with van der Waals surface area (Å²) in [5.41, 5.74) is 2.37. The molecule has 0 radical (unpaired) electrons. The van der Waals surface area contributed by atoms with Crippen LogP contribution in [0.25, 0.3) is 0 Å². The van der Waals surface area contributed by atoms with Crippen LogP contribution in [0.15, 0.2) is 18.2 Å². The molecule has 5 heteroatoms. The Morgan fingerprint density at radius 2 is 2.09 bits per heavy atom. The Morgan fingerprint density at radius 3 is 2.64 bits per heavy atom. The largest absolute Gasteiger partial charge is 0.396 e. The van der Waals surface area contributed by atoms with Crippen LogP contribution in [-0.2, 0) is 4.74 Å². The number of benzene rings is 1. The Bertz CT molecular complexity index is 495. The number of carbonyl (C=O) groups is 1. The van der Waals surface area contributed by atoms with Crippen molar-refractivity contribution in [1.29, 1.82) is 0 Å². The lowest BCUT2D eigenvalue weighted by atomic mass is 9.98. The third kappa shape index (κ3) is 5.00. The van der Waals surface area contributed by atoms with Crippen LogP contribution < -0.4 is 10.6 Å². The maximum Gasteiger partial charge on any atom is 0.319 e. The van der Waals surface area contributed by atoms with E-state index in [1.807, 2.05) is 32.0 Å². The summed E-state index contributed by atoms with van der Waals surface area (Å²) >= 11 is 0. The van der Waals surface area contributed by atoms with Gasteiger partial charge < -0.3 is 20.5 Å². The number of aliphatic hydroxyl groups is 1. The molecule has 0 aliphatic heterocycles. The van der Waals surface area contributed by atoms with E-state index in [1.54, 1.807) is 7.11 Å². The first kappa shape index (κ1) is 18.5. The smallest absolute Gasteiger partial charge is 0.319 e. The Kier molecular flexibility index (Phi) is 6.84. The SMILES string of the molecule is COCC(C)(CCO)NC(=O)Nc1c(C)cccc1C(C)C. The predicted molar refractivity (Wildman–Crippen MR) is 89.4 cm³/mol. The number of hydrogen-bond donors (Lipinski definition) is 3. The molecule has 0 aromatic heterocycles. The zero-order chi connectivity index (χ0) is 16.8. The quantitative estimate of drug-likeness (QED) is 0.725. The lowest BCUT2D eigenvalue weighted by Crippen LogP contribution is -2.51. The van der Waals surface area contributed by atoms with Gasteiger partial charge >= 0.3 is 6.03 Å². The van der Waals surface area contributed by atoms with Gasteiger partial charge in [0.2, 0.25) is 0 Å². The molecule has 1 atom stereocenters. The third-order valence-corrected chi connectivity index (χ3v) is 3.71. The number of hydrogen-bond acceptors (Lipinski definition) is 3. The number of aryl methyl sites for hydroxylation is 1. The highest BCUT2D eigenvalue weighted by atomic mass is 16.5. The minimum absolute atomic E-state index is 0.0122. The minimum atomic E-state index is -0.603. The van der Waals surface area contributed by atoms with Crippen LogP contribution in [0, 0.1) is 6.92 Å². The average molecular weight is 308 g/mol. The fourth-order valence-corrected chi connectivity index (χ4v) is 2.50. The summed E-state index contributed by atoms with van der Waals surface area (Å²) in [4.78, 5) is 12.3. The van der Waals surface area contributed by atoms with E-state index in [2.05, 4.69) is 24.5 Å². The maximum absolute atomic E-state index is 12.3. The van der Waals surface area contributed by atoms with E-state index >= 15 is 0 Å². The topological polar surface area (TPSA) is 70.6 Å². The van der Waals surface area contributed by atoms with Crippen LogP contribution in [-0.4, -0.2) is 37.0 Å². The van der Waals surface area contributed by atoms with E-state index in [0.29, 0.717) is 18.9 Å². The van der Waals surface area contributed by atoms with E-state index in [4.69, 9.17) is 9.84 Å². The Balaban J connectivity index is 2.89. The van der Waals surface area contributed by atoms with Gasteiger partial charge in [-0.2, -0.15) is 0 Å². The number of urea groups is 1. The number of methoxy groups -OCH3 is 1. The number of para-hydroxylation sites is 1. The summed E-state index contributed by atoms with van der Waals surface area (Å²) in [7, 11) is 1.58. The van der Waals surface area contributed by atoms with Gasteiger partial charge in [-0.25, -0.2) is 4.79 Å². The van der Waals surface area contributed by atoms with Crippen molar-refractivity contribution in [3.8, 4) is 0 Å². The molecule has 22 heavy (non-hydrogen) atoms. The predicted octanol–water partition coefficient (Wildman–Crippen LogP) is 3.03. The van der Waals surface area contributed by atoms with Crippen molar-refractivity contribution in [2.24, 2.45) is 0 Å². The highest BCUT2D eigenvalue weighted by molar-refractivity contribution is 5.91. The summed E-state index contributed by atoms with van der Waals surface area (Å²) < 4.78 is 5.14. The molecule has 2 amide bonds. The third-order valence-electron chi connectivity index (χ3n) is 3.71. The van der Waals surface area contributed by atoms with Crippen LogP contribution in [0.4, 0.5) is 10.5 Å². The van der Waals surface area contributed by atoms with Crippen molar-refractivity contribution in [3.05, 3.63) is 29.3 Å². The Hall–Kier alpha value is -1.59. The minimum Gasteiger partial charge on any atom is -0.396 e. The van der Waals surface area contributed by atoms with Crippen molar-refractivity contribution < 1.29 is 14.6 Å². The second-order valence-corrected chi connectivity index (χ2v) is 6.24. The summed E-state index contributed by atoms with van der Waals surface area (Å²) in [5, 5.41) is 15.0. The Morgan fingerprint density at radius 1 is 1.41 bits per heavy atom. The second kappa shape index (κ2) is 8.15. The molecule has 0 saturated heterocycles. The molecule has 0 aliphatic rings. The molecule has 124 valence electrons. The number of rotatable bonds is 7. The van der Waals surface area contributed by atoms with Gasteiger partial charge in [-0.3, -0.25) is 0 Å². The van der Waals surface area contributed by atoms with Gasteiger partial charge in [0, 0.05) is 19.4 Å². The van der Waals surface area contributed by atoms with Gasteiger partial charge in [-0.1, -0.05) is 32.0 Å². The Labute approximate surface area is 133 Å². The normalized spacial score (nSPS) is 13.8. The molecule has 1 rings (SSSR count). The molecule has 0 aliphatic carbocycles. The number of anilines is 1. The van der Waals surface area contributed by atoms with Gasteiger partial charge in [-0.15, -0.1) is 0 Å². The first-order valence-electron chi connectivity index (χ1n) is 7.61. The number of aliphatic hydroxyl groups excluding tert-OH is 1. The average Bonchev–Trinajstić information content (AvgIpc) is 2.40. The molecular formula is C17H28N2O3. The van der Waals surface area contributed by atoms with E-state index in [9.17, 15) is 4.79 Å². The van der Waals surface area contributed by atoms with Gasteiger partial charge in [0.1, 0.15) is 0 Å². The molecule has 1 unspecified atom stereocenters. The van der Waals surface area contributed by atoms with E-state index in [1.165, 1.54) is 0 Å². The van der Waals surface area contributed by atoms with Gasteiger partial charge in [0.25, 0.3) is 0 Å². The van der Waals surface area contributed by atoms with Crippen LogP contribution in [0.3, 0.4) is 0 Å². The standard InChI is InChI=1S/C17H28N2O3/c1-12(2)14-8-6-7-13(3)15(14)18-16(21)19-17(4,9-10-20)11-22-5/h6-8,12,20H,9-11H2,1-5H3,(H2,18,19,21). The van der Waals surface area contributed by atoms with Gasteiger partial charge in [0.05, 0.1) is 12.1 Å². The molecule has 0 heterocycles. The fourth-order valence-electron chi connectivity index (χ4n) is 2.50. The summed E-state index contributed by atoms with van der Waals surface area (Å²) in [6, 6.07) is 5.71. The molecule has 0 spiro atoms. The molecule has 1 aromatic rings. The highest BCUT2D eigenvalue weighted by Gasteiger charge is 2.26. The van der Waals surface area contributed by atoms with Crippen LogP contribution in [0.2, 0.25) is 0 Å². The van der Waals surface area contributed by atoms with Crippen molar-refractivity contribution in [3.63, 3.8) is 0 Å². The van der Waals surface area contributed by atoms with Crippen molar-refractivity contribution in [1.82, 2.24) is 5.32 Å². The first-order chi connectivity index (χ1) is 10.3. The van der Waals surface area contributed by atoms with Crippen LogP contribution in [0.1, 0.15) is 44.2 Å². The molecular weight excluding hydrogens is 280 g/mol. The van der Waals surface area contributed by atoms with Crippen molar-refractivity contribution >= 4 is 11.7 Å². The van der Waals surface area contributed by atoms with Crippen molar-refractivity contribution in [2.45, 2.75) is 45.6 Å². The van der Waals surface area contributed by atoms with Crippen LogP contribution in [0.5, 0.6) is 0 Å². The number of carbonyl (C=O) groups excluding carboxylic acids is 1. The highest BCUT2D eigenvalue weighted by Crippen LogP contribution is 2.27. The molecule has 5 nitrogen and oxygen atoms in total. The number of amides is 2. The zero-order valence-electron chi connectivity index (χ0n) is 14.2. The second-order valence-electron chi connectivity index (χ2n) is 6.24. The van der Waals surface area contributed by atoms with E-state index in [-0.39, 0.29) is 12.6 Å². The zero-order valence-corrected chi connectivity index (χ0v) is 14.2. The summed E-state index contributed by atoms with van der Waals surface area (Å²) in [5.74, 6) is 0.318. The van der Waals surface area contributed by atoms with Crippen molar-refractivity contribution in [2.75, 3.05) is 25.6 Å². The number of ether oxygens (including phenoxy) is 1. The van der Waals surface area contributed by atoms with Gasteiger partial charge in [0.15, 0.2) is 0 Å². The van der Waals surface area contributed by atoms with E-state index in [0.717, 1.165) is 16.8 Å². The molecule has 0 bridgehead atoms. The fraction of sp³-hybridized carbons (Fsp3) is 0.588. The summed E-state index contributed by atoms with van der Waals surface area (Å²) in [6.45, 7) is 8.35. The van der Waals surface area contributed by atoms with E-state index < -0.39 is 5.54 Å². The lowest BCUT2D eigenvalue weighted by Gasteiger charge is -2.30. The van der Waals surface area contributed by atoms with Crippen LogP contribution >= 0.6 is 0 Å². The molecule has 3 N–H and O–H groups in total. The number of nitrogens with one attached hydrogen (secondary N) is 2. The molecule has 0 fully saturated rings. The molecule has 1 aromatic carbocycles. The maximum atomic E-state index is 12.3. The molecule has 0 saturated carbocycles.